The van der Waals surface area contributed by atoms with Crippen molar-refractivity contribution >= 4 is 23.3 Å². The Morgan fingerprint density at radius 1 is 1.20 bits per heavy atom. The minimum atomic E-state index is -1.11. The predicted molar refractivity (Wildman–Crippen MR) is 83.7 cm³/mol. The molecule has 9 heteroatoms. The fraction of sp³-hybridized carbons (Fsp3) is 0.125. The maximum absolute atomic E-state index is 13.2. The first-order chi connectivity index (χ1) is 11.8. The third-order valence-electron chi connectivity index (χ3n) is 3.20. The Balaban J connectivity index is 2.17. The molecule has 128 valence electrons. The molecular weight excluding hydrogens is 334 g/mol. The number of carbonyl (C=O) groups excluding carboxylic acids is 3. The van der Waals surface area contributed by atoms with Crippen molar-refractivity contribution in [3.05, 3.63) is 64.8 Å². The number of carbonyl (C=O) groups is 3. The van der Waals surface area contributed by atoms with E-state index in [4.69, 9.17) is 6.57 Å². The van der Waals surface area contributed by atoms with Crippen LogP contribution < -0.4 is 10.6 Å². The largest absolute Gasteiger partial charge is 0.346 e. The second-order valence-corrected chi connectivity index (χ2v) is 4.96. The number of aryl methyl sites for hydroxylation is 1. The lowest BCUT2D eigenvalue weighted by molar-refractivity contribution is -0.116. The van der Waals surface area contributed by atoms with Gasteiger partial charge in [0.1, 0.15) is 5.69 Å². The number of Topliss-reactive ketones (excluding diaryl/α,β-unsaturated/α-hetero) is 1. The van der Waals surface area contributed by atoms with E-state index >= 15 is 0 Å². The zero-order valence-corrected chi connectivity index (χ0v) is 13.0. The quantitative estimate of drug-likeness (QED) is 0.491. The van der Waals surface area contributed by atoms with Crippen LogP contribution in [-0.2, 0) is 11.8 Å². The Morgan fingerprint density at radius 3 is 2.56 bits per heavy atom. The van der Waals surface area contributed by atoms with Crippen molar-refractivity contribution < 1.29 is 23.2 Å². The van der Waals surface area contributed by atoms with Crippen LogP contribution in [0.3, 0.4) is 0 Å². The third-order valence-corrected chi connectivity index (χ3v) is 3.20. The molecule has 0 saturated carbocycles. The molecule has 0 radical (unpaired) electrons. The topological polar surface area (TPSA) is 84.6 Å². The molecule has 2 N–H and O–H groups in total. The van der Waals surface area contributed by atoms with Gasteiger partial charge >= 0.3 is 0 Å². The van der Waals surface area contributed by atoms with Crippen LogP contribution in [-0.4, -0.2) is 28.8 Å². The summed E-state index contributed by atoms with van der Waals surface area (Å²) in [6, 6.07) is 4.06. The number of nitrogens with one attached hydrogen (secondary N) is 2. The summed E-state index contributed by atoms with van der Waals surface area (Å²) < 4.78 is 27.4. The summed E-state index contributed by atoms with van der Waals surface area (Å²) in [4.78, 5) is 38.6. The molecule has 0 unspecified atom stereocenters. The molecule has 2 aromatic rings. The van der Waals surface area contributed by atoms with Crippen LogP contribution in [0.5, 0.6) is 0 Å². The first-order valence-corrected chi connectivity index (χ1v) is 6.92. The summed E-state index contributed by atoms with van der Waals surface area (Å²) in [6.07, 6.45) is 1.28. The molecule has 0 atom stereocenters. The Hall–Kier alpha value is -3.54. The lowest BCUT2D eigenvalue weighted by Gasteiger charge is -2.06. The van der Waals surface area contributed by atoms with Gasteiger partial charge in [-0.05, 0) is 18.2 Å². The Kier molecular flexibility index (Phi) is 5.24. The molecule has 2 rings (SSSR count). The van der Waals surface area contributed by atoms with Gasteiger partial charge in [0.05, 0.1) is 0 Å². The van der Waals surface area contributed by atoms with Crippen molar-refractivity contribution in [1.82, 2.24) is 9.88 Å². The molecular formula is C16H12F2N4O3. The van der Waals surface area contributed by atoms with Crippen LogP contribution in [0.15, 0.2) is 30.5 Å². The van der Waals surface area contributed by atoms with Gasteiger partial charge in [-0.25, -0.2) is 15.4 Å². The van der Waals surface area contributed by atoms with Crippen molar-refractivity contribution in [1.29, 1.82) is 0 Å². The maximum Gasteiger partial charge on any atom is 0.297 e. The first-order valence-electron chi connectivity index (χ1n) is 6.92. The highest BCUT2D eigenvalue weighted by Gasteiger charge is 2.21. The molecule has 0 aliphatic heterocycles. The lowest BCUT2D eigenvalue weighted by Crippen LogP contribution is -2.30. The fourth-order valence-electron chi connectivity index (χ4n) is 2.01. The van der Waals surface area contributed by atoms with E-state index in [1.165, 1.54) is 29.9 Å². The summed E-state index contributed by atoms with van der Waals surface area (Å²) in [5, 5.41) is 4.48. The summed E-state index contributed by atoms with van der Waals surface area (Å²) >= 11 is 0. The monoisotopic (exact) mass is 346 g/mol. The van der Waals surface area contributed by atoms with E-state index < -0.39 is 29.2 Å². The van der Waals surface area contributed by atoms with Gasteiger partial charge < -0.3 is 9.88 Å². The van der Waals surface area contributed by atoms with Crippen molar-refractivity contribution in [3.63, 3.8) is 0 Å². The zero-order valence-electron chi connectivity index (χ0n) is 13.0. The third kappa shape index (κ3) is 4.06. The maximum atomic E-state index is 13.2. The second-order valence-electron chi connectivity index (χ2n) is 4.96. The Bertz CT molecular complexity index is 899. The Labute approximate surface area is 141 Å². The van der Waals surface area contributed by atoms with E-state index in [-0.39, 0.29) is 23.6 Å². The van der Waals surface area contributed by atoms with Crippen LogP contribution in [0.2, 0.25) is 0 Å². The van der Waals surface area contributed by atoms with Crippen LogP contribution >= 0.6 is 0 Å². The Morgan fingerprint density at radius 2 is 1.92 bits per heavy atom. The molecule has 0 spiro atoms. The van der Waals surface area contributed by atoms with Gasteiger partial charge in [-0.3, -0.25) is 24.5 Å². The zero-order chi connectivity index (χ0) is 18.6. The van der Waals surface area contributed by atoms with Gasteiger partial charge in [-0.1, -0.05) is 0 Å². The number of aromatic nitrogens is 1. The molecule has 1 aromatic carbocycles. The molecule has 25 heavy (non-hydrogen) atoms. The van der Waals surface area contributed by atoms with E-state index in [9.17, 15) is 23.2 Å². The summed E-state index contributed by atoms with van der Waals surface area (Å²) in [5.74, 6) is -4.69. The first kappa shape index (κ1) is 17.8. The molecule has 1 heterocycles. The molecule has 0 aliphatic carbocycles. The molecule has 7 nitrogen and oxygen atoms in total. The van der Waals surface area contributed by atoms with E-state index in [1.54, 1.807) is 0 Å². The summed E-state index contributed by atoms with van der Waals surface area (Å²) in [5.41, 5.74) is 0.0271. The molecule has 0 bridgehead atoms. The van der Waals surface area contributed by atoms with Crippen LogP contribution in [0.4, 0.5) is 14.5 Å². The number of benzene rings is 1. The lowest BCUT2D eigenvalue weighted by atomic mass is 10.2. The highest BCUT2D eigenvalue weighted by atomic mass is 19.2. The minimum absolute atomic E-state index is 0.0334. The number of hydrogen-bond donors (Lipinski definition) is 2. The van der Waals surface area contributed by atoms with Gasteiger partial charge in [-0.15, -0.1) is 0 Å². The highest BCUT2D eigenvalue weighted by Crippen LogP contribution is 2.15. The number of amides is 2. The normalized spacial score (nSPS) is 10.0. The summed E-state index contributed by atoms with van der Waals surface area (Å²) in [6.45, 7) is 6.23. The van der Waals surface area contributed by atoms with Crippen molar-refractivity contribution in [2.24, 2.45) is 7.05 Å². The van der Waals surface area contributed by atoms with Gasteiger partial charge in [0.2, 0.25) is 0 Å². The van der Waals surface area contributed by atoms with Crippen LogP contribution in [0, 0.1) is 18.2 Å². The number of hydrogen-bond acceptors (Lipinski definition) is 3. The molecule has 0 aliphatic rings. The van der Waals surface area contributed by atoms with E-state index in [2.05, 4.69) is 15.5 Å². The van der Waals surface area contributed by atoms with Gasteiger partial charge in [0, 0.05) is 30.6 Å². The molecule has 2 amide bonds. The predicted octanol–water partition coefficient (Wildman–Crippen LogP) is 1.73. The number of anilines is 1. The molecule has 0 saturated heterocycles. The molecule has 0 fully saturated rings. The van der Waals surface area contributed by atoms with Crippen molar-refractivity contribution in [3.8, 4) is 0 Å². The average Bonchev–Trinajstić information content (AvgIpc) is 2.97. The second kappa shape index (κ2) is 7.35. The summed E-state index contributed by atoms with van der Waals surface area (Å²) in [7, 11) is 1.48. The number of nitrogens with zero attached hydrogens (tertiary/aromatic N) is 2. The van der Waals surface area contributed by atoms with Crippen LogP contribution in [0.1, 0.15) is 20.8 Å². The number of halogens is 2. The SMILES string of the molecule is [C-]#[N+]CNC(=O)C(=O)c1cc(C(=O)Nc2ccc(F)c(F)c2)n(C)c1. The van der Waals surface area contributed by atoms with Crippen LogP contribution in [0.25, 0.3) is 4.85 Å². The average molecular weight is 346 g/mol. The van der Waals surface area contributed by atoms with E-state index in [0.29, 0.717) is 0 Å². The highest BCUT2D eigenvalue weighted by molar-refractivity contribution is 6.43. The van der Waals surface area contributed by atoms with E-state index in [1.807, 2.05) is 0 Å². The fourth-order valence-corrected chi connectivity index (χ4v) is 2.01. The minimum Gasteiger partial charge on any atom is -0.346 e. The van der Waals surface area contributed by atoms with Crippen molar-refractivity contribution in [2.45, 2.75) is 0 Å². The standard InChI is InChI=1S/C16H12F2N4O3/c1-19-8-20-16(25)14(23)9-5-13(22(2)7-9)15(24)21-10-3-4-11(17)12(18)6-10/h3-7H,8H2,2H3,(H,20,25)(H,21,24). The smallest absolute Gasteiger partial charge is 0.297 e. The van der Waals surface area contributed by atoms with Gasteiger partial charge in [-0.2, -0.15) is 0 Å². The van der Waals surface area contributed by atoms with E-state index in [0.717, 1.165) is 12.1 Å². The number of ketones is 1. The van der Waals surface area contributed by atoms with Crippen molar-refractivity contribution in [2.75, 3.05) is 12.0 Å². The van der Waals surface area contributed by atoms with Gasteiger partial charge in [0.25, 0.3) is 24.3 Å². The van der Waals surface area contributed by atoms with Gasteiger partial charge in [0.15, 0.2) is 11.6 Å². The molecule has 1 aromatic heterocycles. The number of rotatable bonds is 5.